The second kappa shape index (κ2) is 9.60. The quantitative estimate of drug-likeness (QED) is 0.764. The second-order valence-electron chi connectivity index (χ2n) is 6.13. The van der Waals surface area contributed by atoms with E-state index in [1.807, 2.05) is 43.3 Å². The van der Waals surface area contributed by atoms with Crippen LogP contribution in [0.3, 0.4) is 0 Å². The van der Waals surface area contributed by atoms with E-state index in [2.05, 4.69) is 5.32 Å². The van der Waals surface area contributed by atoms with Crippen molar-refractivity contribution in [2.45, 2.75) is 26.3 Å². The Labute approximate surface area is 164 Å². The van der Waals surface area contributed by atoms with E-state index in [1.54, 1.807) is 12.1 Å². The molecule has 4 nitrogen and oxygen atoms in total. The highest BCUT2D eigenvalue weighted by atomic mass is 35.5. The van der Waals surface area contributed by atoms with Crippen LogP contribution in [-0.4, -0.2) is 29.8 Å². The summed E-state index contributed by atoms with van der Waals surface area (Å²) in [6.45, 7) is 3.79. The molecule has 0 aromatic heterocycles. The van der Waals surface area contributed by atoms with Gasteiger partial charge in [-0.15, -0.1) is 0 Å². The fourth-order valence-electron chi connectivity index (χ4n) is 2.61. The first-order valence-electron chi connectivity index (χ1n) is 8.40. The Kier molecular flexibility index (Phi) is 7.49. The van der Waals surface area contributed by atoms with E-state index < -0.39 is 0 Å². The molecule has 0 aliphatic rings. The Morgan fingerprint density at radius 3 is 2.42 bits per heavy atom. The Balaban J connectivity index is 1.92. The molecule has 0 heterocycles. The van der Waals surface area contributed by atoms with Crippen LogP contribution in [0.15, 0.2) is 48.5 Å². The molecule has 26 heavy (non-hydrogen) atoms. The van der Waals surface area contributed by atoms with Crippen molar-refractivity contribution in [1.82, 2.24) is 10.2 Å². The molecular formula is C20H22Cl2N2O2. The van der Waals surface area contributed by atoms with Crippen LogP contribution in [0.1, 0.15) is 31.0 Å². The molecule has 138 valence electrons. The third-order valence-corrected chi connectivity index (χ3v) is 4.71. The summed E-state index contributed by atoms with van der Waals surface area (Å²) >= 11 is 12.1. The van der Waals surface area contributed by atoms with Gasteiger partial charge in [-0.1, -0.05) is 59.6 Å². The fourth-order valence-corrected chi connectivity index (χ4v) is 3.12. The van der Waals surface area contributed by atoms with Gasteiger partial charge >= 0.3 is 0 Å². The molecule has 0 fully saturated rings. The molecule has 2 rings (SSSR count). The van der Waals surface area contributed by atoms with E-state index >= 15 is 0 Å². The molecule has 2 aromatic rings. The molecule has 0 aliphatic carbocycles. The number of hydrogen-bond donors (Lipinski definition) is 1. The van der Waals surface area contributed by atoms with Crippen LogP contribution in [0.2, 0.25) is 10.0 Å². The van der Waals surface area contributed by atoms with E-state index in [0.717, 1.165) is 11.1 Å². The Morgan fingerprint density at radius 2 is 1.81 bits per heavy atom. The third kappa shape index (κ3) is 6.04. The van der Waals surface area contributed by atoms with Gasteiger partial charge in [0, 0.05) is 23.5 Å². The minimum Gasteiger partial charge on any atom is -0.348 e. The molecule has 0 aliphatic heterocycles. The van der Waals surface area contributed by atoms with E-state index in [-0.39, 0.29) is 24.4 Å². The van der Waals surface area contributed by atoms with Crippen molar-refractivity contribution in [1.29, 1.82) is 0 Å². The van der Waals surface area contributed by atoms with Gasteiger partial charge in [0.05, 0.1) is 12.6 Å². The van der Waals surface area contributed by atoms with Gasteiger partial charge in [0.2, 0.25) is 11.8 Å². The van der Waals surface area contributed by atoms with Crippen LogP contribution in [0.5, 0.6) is 0 Å². The standard InChI is InChI=1S/C20H22Cl2N2O2/c1-14(16-6-4-3-5-7-16)23-20(26)13-24(15(2)25)11-10-17-8-9-18(21)12-19(17)22/h3-9,12,14H,10-11,13H2,1-2H3,(H,23,26). The number of carbonyl (C=O) groups excluding carboxylic acids is 2. The number of carbonyl (C=O) groups is 2. The SMILES string of the molecule is CC(=O)N(CCc1ccc(Cl)cc1Cl)CC(=O)NC(C)c1ccccc1. The lowest BCUT2D eigenvalue weighted by molar-refractivity contribution is -0.134. The van der Waals surface area contributed by atoms with Crippen LogP contribution in [0, 0.1) is 0 Å². The van der Waals surface area contributed by atoms with Gasteiger partial charge in [-0.25, -0.2) is 0 Å². The van der Waals surface area contributed by atoms with Crippen LogP contribution in [0.25, 0.3) is 0 Å². The van der Waals surface area contributed by atoms with Crippen molar-refractivity contribution in [3.05, 3.63) is 69.7 Å². The van der Waals surface area contributed by atoms with Gasteiger partial charge in [-0.2, -0.15) is 0 Å². The van der Waals surface area contributed by atoms with E-state index in [0.29, 0.717) is 23.0 Å². The maximum absolute atomic E-state index is 12.3. The molecule has 6 heteroatoms. The van der Waals surface area contributed by atoms with Gasteiger partial charge in [-0.3, -0.25) is 9.59 Å². The first kappa shape index (κ1) is 20.3. The smallest absolute Gasteiger partial charge is 0.240 e. The average Bonchev–Trinajstić information content (AvgIpc) is 2.60. The van der Waals surface area contributed by atoms with Crippen LogP contribution in [-0.2, 0) is 16.0 Å². The third-order valence-electron chi connectivity index (χ3n) is 4.12. The number of benzene rings is 2. The Bertz CT molecular complexity index is 766. The van der Waals surface area contributed by atoms with Crippen molar-refractivity contribution in [3.8, 4) is 0 Å². The molecule has 0 saturated heterocycles. The average molecular weight is 393 g/mol. The van der Waals surface area contributed by atoms with Crippen LogP contribution in [0.4, 0.5) is 0 Å². The number of amides is 2. The van der Waals surface area contributed by atoms with Crippen LogP contribution >= 0.6 is 23.2 Å². The molecule has 2 aromatic carbocycles. The van der Waals surface area contributed by atoms with Crippen LogP contribution < -0.4 is 5.32 Å². The predicted molar refractivity (Wildman–Crippen MR) is 105 cm³/mol. The lowest BCUT2D eigenvalue weighted by atomic mass is 10.1. The predicted octanol–water partition coefficient (Wildman–Crippen LogP) is 4.26. The lowest BCUT2D eigenvalue weighted by Crippen LogP contribution is -2.41. The van der Waals surface area contributed by atoms with E-state index in [9.17, 15) is 9.59 Å². The molecule has 0 bridgehead atoms. The summed E-state index contributed by atoms with van der Waals surface area (Å²) in [5, 5.41) is 4.05. The van der Waals surface area contributed by atoms with Gasteiger partial charge in [-0.05, 0) is 36.6 Å². The Hall–Kier alpha value is -2.04. The molecule has 1 atom stereocenters. The molecular weight excluding hydrogens is 371 g/mol. The summed E-state index contributed by atoms with van der Waals surface area (Å²) in [5.41, 5.74) is 1.91. The second-order valence-corrected chi connectivity index (χ2v) is 6.97. The minimum absolute atomic E-state index is 0.0116. The van der Waals surface area contributed by atoms with Gasteiger partial charge in [0.15, 0.2) is 0 Å². The summed E-state index contributed by atoms with van der Waals surface area (Å²) in [7, 11) is 0. The fraction of sp³-hybridized carbons (Fsp3) is 0.300. The largest absolute Gasteiger partial charge is 0.348 e. The highest BCUT2D eigenvalue weighted by Gasteiger charge is 2.16. The minimum atomic E-state index is -0.196. The van der Waals surface area contributed by atoms with Crippen molar-refractivity contribution >= 4 is 35.0 Å². The molecule has 0 saturated carbocycles. The molecule has 2 amide bonds. The number of hydrogen-bond acceptors (Lipinski definition) is 2. The normalized spacial score (nSPS) is 11.7. The van der Waals surface area contributed by atoms with Crippen molar-refractivity contribution in [2.24, 2.45) is 0 Å². The van der Waals surface area contributed by atoms with Gasteiger partial charge in [0.1, 0.15) is 0 Å². The zero-order chi connectivity index (χ0) is 19.1. The Morgan fingerprint density at radius 1 is 1.12 bits per heavy atom. The molecule has 1 unspecified atom stereocenters. The number of nitrogens with zero attached hydrogens (tertiary/aromatic N) is 1. The molecule has 1 N–H and O–H groups in total. The summed E-state index contributed by atoms with van der Waals surface area (Å²) in [5.74, 6) is -0.351. The molecule has 0 spiro atoms. The zero-order valence-electron chi connectivity index (χ0n) is 14.8. The maximum Gasteiger partial charge on any atom is 0.240 e. The van der Waals surface area contributed by atoms with E-state index in [4.69, 9.17) is 23.2 Å². The van der Waals surface area contributed by atoms with Crippen molar-refractivity contribution in [2.75, 3.05) is 13.1 Å². The first-order valence-corrected chi connectivity index (χ1v) is 9.16. The monoisotopic (exact) mass is 392 g/mol. The topological polar surface area (TPSA) is 49.4 Å². The highest BCUT2D eigenvalue weighted by Crippen LogP contribution is 2.21. The zero-order valence-corrected chi connectivity index (χ0v) is 16.3. The number of halogens is 2. The lowest BCUT2D eigenvalue weighted by Gasteiger charge is -2.22. The summed E-state index contributed by atoms with van der Waals surface area (Å²) in [6, 6.07) is 14.8. The van der Waals surface area contributed by atoms with Crippen molar-refractivity contribution < 1.29 is 9.59 Å². The number of rotatable bonds is 7. The molecule has 0 radical (unpaired) electrons. The van der Waals surface area contributed by atoms with Gasteiger partial charge in [0.25, 0.3) is 0 Å². The number of nitrogens with one attached hydrogen (secondary N) is 1. The highest BCUT2D eigenvalue weighted by molar-refractivity contribution is 6.35. The van der Waals surface area contributed by atoms with E-state index in [1.165, 1.54) is 11.8 Å². The summed E-state index contributed by atoms with van der Waals surface area (Å²) in [6.07, 6.45) is 0.553. The first-order chi connectivity index (χ1) is 12.4. The maximum atomic E-state index is 12.3. The summed E-state index contributed by atoms with van der Waals surface area (Å²) in [4.78, 5) is 25.7. The van der Waals surface area contributed by atoms with Crippen molar-refractivity contribution in [3.63, 3.8) is 0 Å². The van der Waals surface area contributed by atoms with Gasteiger partial charge < -0.3 is 10.2 Å². The summed E-state index contributed by atoms with van der Waals surface area (Å²) < 4.78 is 0.